The minimum Gasteiger partial charge on any atom is -0.390 e. The molecule has 0 aromatic carbocycles. The third-order valence-electron chi connectivity index (χ3n) is 8.83. The van der Waals surface area contributed by atoms with Crippen molar-refractivity contribution in [2.45, 2.75) is 63.8 Å². The Kier molecular flexibility index (Phi) is 4.15. The molecule has 0 bridgehead atoms. The van der Waals surface area contributed by atoms with Gasteiger partial charge in [0.05, 0.1) is 12.6 Å². The Bertz CT molecular complexity index is 808. The number of aliphatic hydroxyl groups excluding tert-OH is 1. The number of Topliss-reactive ketones (excluding diaryl/α,β-unsaturated/α-hetero) is 1. The van der Waals surface area contributed by atoms with Crippen LogP contribution in [0.3, 0.4) is 0 Å². The predicted molar refractivity (Wildman–Crippen MR) is 102 cm³/mol. The Balaban J connectivity index is 1.84. The molecule has 4 rings (SSSR count). The number of carbonyl (C=O) groups is 2. The number of carbonyl (C=O) groups excluding carboxylic acids is 2. The first-order valence-corrected chi connectivity index (χ1v) is 10.2. The van der Waals surface area contributed by atoms with E-state index in [2.05, 4.69) is 0 Å². The second kappa shape index (κ2) is 5.83. The smallest absolute Gasteiger partial charge is 0.178 e. The van der Waals surface area contributed by atoms with E-state index >= 15 is 4.39 Å². The molecule has 3 saturated carbocycles. The van der Waals surface area contributed by atoms with Crippen LogP contribution in [0.2, 0.25) is 0 Å². The summed E-state index contributed by atoms with van der Waals surface area (Å²) < 4.78 is 16.9. The lowest BCUT2D eigenvalue weighted by Gasteiger charge is -2.62. The van der Waals surface area contributed by atoms with Crippen molar-refractivity contribution in [3.63, 3.8) is 0 Å². The molecule has 4 aliphatic carbocycles. The highest BCUT2D eigenvalue weighted by Crippen LogP contribution is 2.70. The van der Waals surface area contributed by atoms with Gasteiger partial charge < -0.3 is 15.9 Å². The molecule has 0 spiro atoms. The fourth-order valence-electron chi connectivity index (χ4n) is 7.30. The zero-order valence-electron chi connectivity index (χ0n) is 16.7. The molecule has 0 aliphatic heterocycles. The number of fused-ring (bicyclic) bond motifs is 5. The molecule has 0 aromatic heterocycles. The van der Waals surface area contributed by atoms with Gasteiger partial charge in [-0.1, -0.05) is 25.5 Å². The third kappa shape index (κ3) is 2.01. The Morgan fingerprint density at radius 3 is 2.68 bits per heavy atom. The number of allylic oxidation sites excluding steroid dienone is 4. The standard InChI is InChI=1S/C22H30FNO4/c1-12-8-16-15-5-4-13-9-14(25)6-7-19(13,2)21(15,23)17(26)10-20(16,3)22(12,28)18(27)11-24/h6-7,9,12,15-17,26,28H,4-5,8,10-11,24H2,1-3H3/t12-,15-,16-,17-,19-,20-,21?,22-/m0/s1. The summed E-state index contributed by atoms with van der Waals surface area (Å²) in [5, 5.41) is 22.6. The van der Waals surface area contributed by atoms with Gasteiger partial charge in [-0.25, -0.2) is 4.39 Å². The van der Waals surface area contributed by atoms with Crippen LogP contribution < -0.4 is 5.73 Å². The molecular weight excluding hydrogens is 361 g/mol. The summed E-state index contributed by atoms with van der Waals surface area (Å²) in [6, 6.07) is 0. The molecule has 3 fully saturated rings. The minimum absolute atomic E-state index is 0.0120. The Morgan fingerprint density at radius 1 is 1.36 bits per heavy atom. The molecule has 5 nitrogen and oxygen atoms in total. The Labute approximate surface area is 164 Å². The van der Waals surface area contributed by atoms with Crippen LogP contribution in [-0.2, 0) is 9.59 Å². The first-order chi connectivity index (χ1) is 13.0. The van der Waals surface area contributed by atoms with E-state index in [1.807, 2.05) is 13.8 Å². The summed E-state index contributed by atoms with van der Waals surface area (Å²) in [7, 11) is 0. The van der Waals surface area contributed by atoms with E-state index in [0.29, 0.717) is 19.3 Å². The monoisotopic (exact) mass is 391 g/mol. The van der Waals surface area contributed by atoms with Crippen LogP contribution in [0.25, 0.3) is 0 Å². The quantitative estimate of drug-likeness (QED) is 0.667. The topological polar surface area (TPSA) is 101 Å². The molecule has 0 aromatic rings. The highest BCUT2D eigenvalue weighted by atomic mass is 19.1. The lowest BCUT2D eigenvalue weighted by Crippen LogP contribution is -2.69. The third-order valence-corrected chi connectivity index (χ3v) is 8.83. The van der Waals surface area contributed by atoms with Crippen molar-refractivity contribution in [1.29, 1.82) is 0 Å². The lowest BCUT2D eigenvalue weighted by molar-refractivity contribution is -0.218. The summed E-state index contributed by atoms with van der Waals surface area (Å²) in [4.78, 5) is 24.5. The largest absolute Gasteiger partial charge is 0.390 e. The second-order valence-electron chi connectivity index (χ2n) is 9.80. The number of hydrogen-bond acceptors (Lipinski definition) is 5. The van der Waals surface area contributed by atoms with E-state index in [1.165, 1.54) is 12.2 Å². The Hall–Kier alpha value is -1.37. The average molecular weight is 391 g/mol. The number of halogens is 1. The summed E-state index contributed by atoms with van der Waals surface area (Å²) in [5.74, 6) is -1.71. The molecule has 28 heavy (non-hydrogen) atoms. The van der Waals surface area contributed by atoms with Gasteiger partial charge in [-0.05, 0) is 56.6 Å². The van der Waals surface area contributed by atoms with E-state index in [9.17, 15) is 19.8 Å². The average Bonchev–Trinajstić information content (AvgIpc) is 2.84. The normalized spacial score (nSPS) is 52.5. The first-order valence-electron chi connectivity index (χ1n) is 10.2. The van der Waals surface area contributed by atoms with Crippen LogP contribution in [-0.4, -0.2) is 45.7 Å². The summed E-state index contributed by atoms with van der Waals surface area (Å²) in [6.07, 6.45) is 4.70. The van der Waals surface area contributed by atoms with E-state index in [0.717, 1.165) is 5.57 Å². The maximum Gasteiger partial charge on any atom is 0.178 e. The van der Waals surface area contributed by atoms with Crippen LogP contribution >= 0.6 is 0 Å². The van der Waals surface area contributed by atoms with E-state index < -0.39 is 39.9 Å². The number of nitrogens with two attached hydrogens (primary N) is 1. The van der Waals surface area contributed by atoms with Gasteiger partial charge in [-0.2, -0.15) is 0 Å². The SMILES string of the molecule is C[C@H]1C[C@H]2[C@@H]3CCC4=CC(=O)C=C[C@]4(C)C3(F)[C@@H](O)C[C@]2(C)[C@@]1(O)C(=O)CN. The van der Waals surface area contributed by atoms with Gasteiger partial charge in [0.1, 0.15) is 5.60 Å². The zero-order valence-corrected chi connectivity index (χ0v) is 16.7. The molecule has 154 valence electrons. The highest BCUT2D eigenvalue weighted by molar-refractivity contribution is 6.01. The van der Waals surface area contributed by atoms with Crippen molar-refractivity contribution in [3.05, 3.63) is 23.8 Å². The molecule has 4 N–H and O–H groups in total. The summed E-state index contributed by atoms with van der Waals surface area (Å²) >= 11 is 0. The van der Waals surface area contributed by atoms with Crippen LogP contribution in [0.1, 0.15) is 46.5 Å². The van der Waals surface area contributed by atoms with Crippen LogP contribution in [0, 0.1) is 28.6 Å². The molecule has 8 atom stereocenters. The van der Waals surface area contributed by atoms with Gasteiger partial charge in [0, 0.05) is 16.7 Å². The fraction of sp³-hybridized carbons (Fsp3) is 0.727. The van der Waals surface area contributed by atoms with E-state index in [-0.39, 0.29) is 30.6 Å². The molecule has 0 heterocycles. The van der Waals surface area contributed by atoms with Crippen molar-refractivity contribution >= 4 is 11.6 Å². The van der Waals surface area contributed by atoms with E-state index in [4.69, 9.17) is 5.73 Å². The van der Waals surface area contributed by atoms with Crippen molar-refractivity contribution in [2.24, 2.45) is 34.3 Å². The maximum atomic E-state index is 16.9. The second-order valence-corrected chi connectivity index (χ2v) is 9.80. The molecule has 4 aliphatic rings. The first kappa shape index (κ1) is 19.9. The number of alkyl halides is 1. The van der Waals surface area contributed by atoms with Crippen molar-refractivity contribution < 1.29 is 24.2 Å². The van der Waals surface area contributed by atoms with Gasteiger partial charge in [0.25, 0.3) is 0 Å². The van der Waals surface area contributed by atoms with E-state index in [1.54, 1.807) is 13.0 Å². The van der Waals surface area contributed by atoms with Gasteiger partial charge in [-0.15, -0.1) is 0 Å². The van der Waals surface area contributed by atoms with Crippen molar-refractivity contribution in [1.82, 2.24) is 0 Å². The van der Waals surface area contributed by atoms with Gasteiger partial charge >= 0.3 is 0 Å². The molecule has 0 radical (unpaired) electrons. The summed E-state index contributed by atoms with van der Waals surface area (Å²) in [6.45, 7) is 5.11. The fourth-order valence-corrected chi connectivity index (χ4v) is 7.30. The van der Waals surface area contributed by atoms with Crippen LogP contribution in [0.5, 0.6) is 0 Å². The lowest BCUT2D eigenvalue weighted by atomic mass is 9.44. The van der Waals surface area contributed by atoms with Crippen molar-refractivity contribution in [3.8, 4) is 0 Å². The van der Waals surface area contributed by atoms with Gasteiger partial charge in [0.15, 0.2) is 17.2 Å². The number of rotatable bonds is 2. The molecule has 6 heteroatoms. The molecule has 0 saturated heterocycles. The maximum absolute atomic E-state index is 16.9. The Morgan fingerprint density at radius 2 is 2.04 bits per heavy atom. The van der Waals surface area contributed by atoms with Gasteiger partial charge in [0.2, 0.25) is 0 Å². The molecular formula is C22H30FNO4. The van der Waals surface area contributed by atoms with Crippen LogP contribution in [0.15, 0.2) is 23.8 Å². The number of hydrogen-bond donors (Lipinski definition) is 3. The predicted octanol–water partition coefficient (Wildman–Crippen LogP) is 1.86. The van der Waals surface area contributed by atoms with Crippen molar-refractivity contribution in [2.75, 3.05) is 6.54 Å². The number of ketones is 2. The molecule has 0 amide bonds. The van der Waals surface area contributed by atoms with Gasteiger partial charge in [-0.3, -0.25) is 9.59 Å². The van der Waals surface area contributed by atoms with Crippen LogP contribution in [0.4, 0.5) is 4.39 Å². The number of aliphatic hydroxyl groups is 2. The summed E-state index contributed by atoms with van der Waals surface area (Å²) in [5.41, 5.74) is 0.711. The highest BCUT2D eigenvalue weighted by Gasteiger charge is 2.75. The minimum atomic E-state index is -1.95. The zero-order chi connectivity index (χ0) is 20.7. The molecule has 1 unspecified atom stereocenters.